The van der Waals surface area contributed by atoms with Crippen LogP contribution in [0.5, 0.6) is 5.75 Å². The van der Waals surface area contributed by atoms with Crippen molar-refractivity contribution in [2.24, 2.45) is 0 Å². The number of fused-ring (bicyclic) bond motifs is 1. The Balaban J connectivity index is 1.68. The molecule has 2 nitrogen and oxygen atoms in total. The van der Waals surface area contributed by atoms with E-state index in [-0.39, 0.29) is 6.10 Å². The van der Waals surface area contributed by atoms with Crippen LogP contribution in [0.1, 0.15) is 6.92 Å². The van der Waals surface area contributed by atoms with Crippen molar-refractivity contribution >= 4 is 28.1 Å². The van der Waals surface area contributed by atoms with Crippen molar-refractivity contribution in [2.45, 2.75) is 13.0 Å². The van der Waals surface area contributed by atoms with E-state index in [1.807, 2.05) is 31.2 Å². The molecular formula is C19H18ClNO. The summed E-state index contributed by atoms with van der Waals surface area (Å²) in [6.45, 7) is 2.74. The predicted octanol–water partition coefficient (Wildman–Crippen LogP) is 5.37. The van der Waals surface area contributed by atoms with Crippen LogP contribution in [0.4, 0.5) is 5.69 Å². The Bertz CT molecular complexity index is 767. The summed E-state index contributed by atoms with van der Waals surface area (Å²) >= 11 is 6.12. The van der Waals surface area contributed by atoms with Gasteiger partial charge in [0.15, 0.2) is 0 Å². The van der Waals surface area contributed by atoms with Gasteiger partial charge in [-0.3, -0.25) is 0 Å². The molecular weight excluding hydrogens is 294 g/mol. The fourth-order valence-corrected chi connectivity index (χ4v) is 2.61. The smallest absolute Gasteiger partial charge is 0.138 e. The molecule has 22 heavy (non-hydrogen) atoms. The van der Waals surface area contributed by atoms with Gasteiger partial charge in [-0.1, -0.05) is 60.1 Å². The zero-order valence-corrected chi connectivity index (χ0v) is 13.2. The fraction of sp³-hybridized carbons (Fsp3) is 0.158. The first-order chi connectivity index (χ1) is 10.7. The number of hydrogen-bond donors (Lipinski definition) is 1. The van der Waals surface area contributed by atoms with Crippen LogP contribution in [-0.4, -0.2) is 12.6 Å². The van der Waals surface area contributed by atoms with Gasteiger partial charge in [-0.15, -0.1) is 0 Å². The second-order valence-corrected chi connectivity index (χ2v) is 5.67. The highest BCUT2D eigenvalue weighted by Gasteiger charge is 2.07. The molecule has 0 saturated carbocycles. The van der Waals surface area contributed by atoms with Gasteiger partial charge in [0.1, 0.15) is 11.9 Å². The molecule has 0 amide bonds. The first-order valence-corrected chi connectivity index (χ1v) is 7.74. The summed E-state index contributed by atoms with van der Waals surface area (Å²) in [7, 11) is 0. The summed E-state index contributed by atoms with van der Waals surface area (Å²) in [6, 6.07) is 22.1. The molecule has 0 radical (unpaired) electrons. The maximum Gasteiger partial charge on any atom is 0.138 e. The lowest BCUT2D eigenvalue weighted by Gasteiger charge is -2.17. The summed E-state index contributed by atoms with van der Waals surface area (Å²) in [4.78, 5) is 0. The number of nitrogens with one attached hydrogen (secondary N) is 1. The van der Waals surface area contributed by atoms with Crippen molar-refractivity contribution < 1.29 is 4.74 Å². The van der Waals surface area contributed by atoms with E-state index < -0.39 is 0 Å². The van der Waals surface area contributed by atoms with Crippen LogP contribution in [0.2, 0.25) is 5.02 Å². The summed E-state index contributed by atoms with van der Waals surface area (Å²) < 4.78 is 5.88. The first-order valence-electron chi connectivity index (χ1n) is 7.37. The van der Waals surface area contributed by atoms with E-state index >= 15 is 0 Å². The number of rotatable bonds is 5. The largest absolute Gasteiger partial charge is 0.487 e. The van der Waals surface area contributed by atoms with Crippen LogP contribution in [0.25, 0.3) is 10.8 Å². The molecule has 1 atom stereocenters. The van der Waals surface area contributed by atoms with Gasteiger partial charge in [0, 0.05) is 11.1 Å². The van der Waals surface area contributed by atoms with E-state index in [1.165, 1.54) is 10.8 Å². The van der Waals surface area contributed by atoms with Gasteiger partial charge in [-0.05, 0) is 30.5 Å². The summed E-state index contributed by atoms with van der Waals surface area (Å²) in [5.74, 6) is 0.719. The van der Waals surface area contributed by atoms with Crippen LogP contribution >= 0.6 is 11.6 Å². The molecule has 3 aromatic rings. The Morgan fingerprint density at radius 1 is 0.955 bits per heavy atom. The molecule has 0 heterocycles. The molecule has 0 fully saturated rings. The van der Waals surface area contributed by atoms with Gasteiger partial charge in [-0.2, -0.15) is 0 Å². The first kappa shape index (κ1) is 14.7. The Morgan fingerprint density at radius 2 is 1.68 bits per heavy atom. The van der Waals surface area contributed by atoms with E-state index in [0.717, 1.165) is 11.4 Å². The van der Waals surface area contributed by atoms with Crippen LogP contribution in [0.15, 0.2) is 66.7 Å². The van der Waals surface area contributed by atoms with E-state index in [9.17, 15) is 0 Å². The van der Waals surface area contributed by atoms with Crippen molar-refractivity contribution in [3.05, 3.63) is 71.8 Å². The van der Waals surface area contributed by atoms with Crippen LogP contribution in [-0.2, 0) is 0 Å². The second-order valence-electron chi connectivity index (χ2n) is 5.27. The van der Waals surface area contributed by atoms with Crippen molar-refractivity contribution in [2.75, 3.05) is 11.9 Å². The minimum absolute atomic E-state index is 0.0128. The normalized spacial score (nSPS) is 12.1. The van der Waals surface area contributed by atoms with Gasteiger partial charge >= 0.3 is 0 Å². The topological polar surface area (TPSA) is 21.3 Å². The third-order valence-electron chi connectivity index (χ3n) is 3.53. The fourth-order valence-electron chi connectivity index (χ4n) is 2.43. The Kier molecular flexibility index (Phi) is 4.50. The highest BCUT2D eigenvalue weighted by molar-refractivity contribution is 6.32. The van der Waals surface area contributed by atoms with Crippen molar-refractivity contribution in [1.82, 2.24) is 0 Å². The minimum atomic E-state index is 0.0128. The number of ether oxygens (including phenoxy) is 1. The Labute approximate surface area is 135 Å². The zero-order valence-electron chi connectivity index (χ0n) is 12.4. The SMILES string of the molecule is CC(CNc1cccc2ccccc12)Oc1ccccc1Cl. The lowest BCUT2D eigenvalue weighted by Crippen LogP contribution is -2.22. The molecule has 3 heteroatoms. The van der Waals surface area contributed by atoms with Gasteiger partial charge in [-0.25, -0.2) is 0 Å². The highest BCUT2D eigenvalue weighted by atomic mass is 35.5. The number of benzene rings is 3. The van der Waals surface area contributed by atoms with Crippen LogP contribution in [0.3, 0.4) is 0 Å². The number of halogens is 1. The molecule has 1 N–H and O–H groups in total. The monoisotopic (exact) mass is 311 g/mol. The summed E-state index contributed by atoms with van der Waals surface area (Å²) in [5.41, 5.74) is 1.12. The molecule has 3 aromatic carbocycles. The van der Waals surface area contributed by atoms with E-state index in [2.05, 4.69) is 47.8 Å². The number of anilines is 1. The van der Waals surface area contributed by atoms with E-state index in [1.54, 1.807) is 0 Å². The standard InChI is InChI=1S/C19H18ClNO/c1-14(22-19-12-5-4-10-17(19)20)13-21-18-11-6-8-15-7-2-3-9-16(15)18/h2-12,14,21H,13H2,1H3. The molecule has 0 aliphatic rings. The molecule has 0 aliphatic carbocycles. The predicted molar refractivity (Wildman–Crippen MR) is 94.0 cm³/mol. The van der Waals surface area contributed by atoms with Crippen molar-refractivity contribution in [3.8, 4) is 5.75 Å². The van der Waals surface area contributed by atoms with Gasteiger partial charge in [0.25, 0.3) is 0 Å². The number of para-hydroxylation sites is 1. The summed E-state index contributed by atoms with van der Waals surface area (Å²) in [6.07, 6.45) is 0.0128. The van der Waals surface area contributed by atoms with Crippen molar-refractivity contribution in [1.29, 1.82) is 0 Å². The molecule has 0 spiro atoms. The maximum absolute atomic E-state index is 6.12. The summed E-state index contributed by atoms with van der Waals surface area (Å²) in [5, 5.41) is 6.54. The number of hydrogen-bond acceptors (Lipinski definition) is 2. The lowest BCUT2D eigenvalue weighted by molar-refractivity contribution is 0.235. The molecule has 3 rings (SSSR count). The van der Waals surface area contributed by atoms with Crippen LogP contribution in [0, 0.1) is 0 Å². The molecule has 0 aliphatic heterocycles. The molecule has 1 unspecified atom stereocenters. The molecule has 112 valence electrons. The van der Waals surface area contributed by atoms with Gasteiger partial charge in [0.05, 0.1) is 11.6 Å². The molecule has 0 aromatic heterocycles. The third-order valence-corrected chi connectivity index (χ3v) is 3.85. The minimum Gasteiger partial charge on any atom is -0.487 e. The van der Waals surface area contributed by atoms with Crippen LogP contribution < -0.4 is 10.1 Å². The Hall–Kier alpha value is -2.19. The van der Waals surface area contributed by atoms with Gasteiger partial charge in [0.2, 0.25) is 0 Å². The second kappa shape index (κ2) is 6.71. The van der Waals surface area contributed by atoms with Crippen molar-refractivity contribution in [3.63, 3.8) is 0 Å². The highest BCUT2D eigenvalue weighted by Crippen LogP contribution is 2.25. The zero-order chi connectivity index (χ0) is 15.4. The van der Waals surface area contributed by atoms with E-state index in [0.29, 0.717) is 11.6 Å². The quantitative estimate of drug-likeness (QED) is 0.683. The third kappa shape index (κ3) is 3.34. The van der Waals surface area contributed by atoms with E-state index in [4.69, 9.17) is 16.3 Å². The Morgan fingerprint density at radius 3 is 2.55 bits per heavy atom. The lowest BCUT2D eigenvalue weighted by atomic mass is 10.1. The molecule has 0 saturated heterocycles. The average molecular weight is 312 g/mol. The average Bonchev–Trinajstić information content (AvgIpc) is 2.55. The van der Waals surface area contributed by atoms with Gasteiger partial charge < -0.3 is 10.1 Å². The maximum atomic E-state index is 6.12. The molecule has 0 bridgehead atoms.